The topological polar surface area (TPSA) is 26.0 Å². The lowest BCUT2D eigenvalue weighted by molar-refractivity contribution is 0.868. The molecule has 0 fully saturated rings. The molecule has 2 aromatic rings. The van der Waals surface area contributed by atoms with Crippen LogP contribution in [0.2, 0.25) is 8.67 Å². The summed E-state index contributed by atoms with van der Waals surface area (Å²) in [6.07, 6.45) is 2.06. The van der Waals surface area contributed by atoms with Crippen molar-refractivity contribution in [3.05, 3.63) is 55.2 Å². The summed E-state index contributed by atoms with van der Waals surface area (Å²) in [5.74, 6) is 0. The summed E-state index contributed by atoms with van der Waals surface area (Å²) in [5.41, 5.74) is 11.0. The highest BCUT2D eigenvalue weighted by molar-refractivity contribution is 7.20. The monoisotopic (exact) mass is 313 g/mol. The first-order valence-electron chi connectivity index (χ1n) is 6.38. The third-order valence-electron chi connectivity index (χ3n) is 3.37. The van der Waals surface area contributed by atoms with E-state index in [9.17, 15) is 0 Å². The minimum atomic E-state index is -0.215. The van der Waals surface area contributed by atoms with Gasteiger partial charge in [0.15, 0.2) is 0 Å². The lowest BCUT2D eigenvalue weighted by Crippen LogP contribution is -2.12. The molecule has 0 bridgehead atoms. The molecule has 102 valence electrons. The maximum atomic E-state index is 6.31. The van der Waals surface area contributed by atoms with Crippen molar-refractivity contribution < 1.29 is 0 Å². The van der Waals surface area contributed by atoms with Crippen molar-refractivity contribution in [3.8, 4) is 0 Å². The van der Waals surface area contributed by atoms with Gasteiger partial charge in [0.25, 0.3) is 0 Å². The SMILES string of the molecule is CCc1ccc(C(N)c2cc(Cl)sc2Cl)cc1CC. The van der Waals surface area contributed by atoms with Crippen molar-refractivity contribution in [2.24, 2.45) is 5.73 Å². The standard InChI is InChI=1S/C15H17Cl2NS/c1-3-9-5-6-11(7-10(9)4-2)14(18)12-8-13(16)19-15(12)17/h5-8,14H,3-4,18H2,1-2H3. The van der Waals surface area contributed by atoms with Crippen LogP contribution in [0.4, 0.5) is 0 Å². The van der Waals surface area contributed by atoms with Gasteiger partial charge in [-0.1, -0.05) is 55.2 Å². The van der Waals surface area contributed by atoms with Crippen molar-refractivity contribution in [3.63, 3.8) is 0 Å². The van der Waals surface area contributed by atoms with E-state index in [0.29, 0.717) is 8.67 Å². The van der Waals surface area contributed by atoms with Crippen LogP contribution in [0.3, 0.4) is 0 Å². The Morgan fingerprint density at radius 3 is 2.32 bits per heavy atom. The van der Waals surface area contributed by atoms with E-state index < -0.39 is 0 Å². The van der Waals surface area contributed by atoms with E-state index in [0.717, 1.165) is 24.0 Å². The average molecular weight is 314 g/mol. The van der Waals surface area contributed by atoms with E-state index in [1.54, 1.807) is 0 Å². The summed E-state index contributed by atoms with van der Waals surface area (Å²) >= 11 is 13.5. The molecule has 2 rings (SSSR count). The molecule has 0 aliphatic heterocycles. The average Bonchev–Trinajstić information content (AvgIpc) is 2.76. The molecule has 1 aromatic heterocycles. The van der Waals surface area contributed by atoms with Gasteiger partial charge in [-0.2, -0.15) is 0 Å². The van der Waals surface area contributed by atoms with Crippen LogP contribution >= 0.6 is 34.5 Å². The minimum Gasteiger partial charge on any atom is -0.320 e. The molecule has 1 heterocycles. The fraction of sp³-hybridized carbons (Fsp3) is 0.333. The minimum absolute atomic E-state index is 0.215. The predicted molar refractivity (Wildman–Crippen MR) is 85.6 cm³/mol. The summed E-state index contributed by atoms with van der Waals surface area (Å²) in [6, 6.07) is 8.08. The van der Waals surface area contributed by atoms with Gasteiger partial charge in [-0.15, -0.1) is 11.3 Å². The second kappa shape index (κ2) is 6.27. The van der Waals surface area contributed by atoms with Gasteiger partial charge < -0.3 is 5.73 Å². The van der Waals surface area contributed by atoms with Gasteiger partial charge in [0.2, 0.25) is 0 Å². The first-order chi connectivity index (χ1) is 9.06. The predicted octanol–water partition coefficient (Wildman–Crippen LogP) is 5.23. The first kappa shape index (κ1) is 14.9. The highest BCUT2D eigenvalue weighted by Crippen LogP contribution is 2.36. The molecule has 1 atom stereocenters. The van der Waals surface area contributed by atoms with Crippen LogP contribution in [-0.2, 0) is 12.8 Å². The Balaban J connectivity index is 2.39. The highest BCUT2D eigenvalue weighted by Gasteiger charge is 2.16. The van der Waals surface area contributed by atoms with Gasteiger partial charge >= 0.3 is 0 Å². The van der Waals surface area contributed by atoms with E-state index in [4.69, 9.17) is 28.9 Å². The van der Waals surface area contributed by atoms with E-state index in [1.165, 1.54) is 22.5 Å². The summed E-state index contributed by atoms with van der Waals surface area (Å²) in [4.78, 5) is 0. The van der Waals surface area contributed by atoms with Crippen LogP contribution in [0.25, 0.3) is 0 Å². The third-order valence-corrected chi connectivity index (χ3v) is 4.89. The summed E-state index contributed by atoms with van der Waals surface area (Å²) < 4.78 is 1.35. The quantitative estimate of drug-likeness (QED) is 0.822. The second-order valence-electron chi connectivity index (χ2n) is 4.49. The zero-order chi connectivity index (χ0) is 14.0. The van der Waals surface area contributed by atoms with Crippen LogP contribution < -0.4 is 5.73 Å². The number of nitrogens with two attached hydrogens (primary N) is 1. The molecule has 0 aliphatic rings. The number of halogens is 2. The smallest absolute Gasteiger partial charge is 0.0995 e. The highest BCUT2D eigenvalue weighted by atomic mass is 35.5. The number of benzene rings is 1. The summed E-state index contributed by atoms with van der Waals surface area (Å²) in [6.45, 7) is 4.34. The molecule has 0 aliphatic carbocycles. The lowest BCUT2D eigenvalue weighted by Gasteiger charge is -2.15. The van der Waals surface area contributed by atoms with Gasteiger partial charge in [-0.25, -0.2) is 0 Å². The maximum absolute atomic E-state index is 6.31. The van der Waals surface area contributed by atoms with E-state index in [1.807, 2.05) is 6.07 Å². The van der Waals surface area contributed by atoms with Crippen LogP contribution in [0.5, 0.6) is 0 Å². The van der Waals surface area contributed by atoms with Gasteiger partial charge in [0.1, 0.15) is 0 Å². The summed E-state index contributed by atoms with van der Waals surface area (Å²) in [5, 5.41) is 0. The molecule has 0 spiro atoms. The van der Waals surface area contributed by atoms with Crippen LogP contribution in [0, 0.1) is 0 Å². The maximum Gasteiger partial charge on any atom is 0.0995 e. The fourth-order valence-electron chi connectivity index (χ4n) is 2.26. The Morgan fingerprint density at radius 2 is 1.79 bits per heavy atom. The van der Waals surface area contributed by atoms with Gasteiger partial charge in [-0.3, -0.25) is 0 Å². The molecule has 1 aromatic carbocycles. The molecular formula is C15H17Cl2NS. The number of hydrogen-bond acceptors (Lipinski definition) is 2. The van der Waals surface area contributed by atoms with Gasteiger partial charge in [0, 0.05) is 5.56 Å². The van der Waals surface area contributed by atoms with Crippen molar-refractivity contribution in [2.75, 3.05) is 0 Å². The molecule has 0 radical (unpaired) electrons. The fourth-order valence-corrected chi connectivity index (χ4v) is 3.81. The number of hydrogen-bond donors (Lipinski definition) is 1. The van der Waals surface area contributed by atoms with E-state index >= 15 is 0 Å². The van der Waals surface area contributed by atoms with Crippen molar-refractivity contribution in [1.82, 2.24) is 0 Å². The Labute approximate surface area is 128 Å². The van der Waals surface area contributed by atoms with Gasteiger partial charge in [-0.05, 0) is 35.6 Å². The Bertz CT molecular complexity index is 578. The molecule has 1 unspecified atom stereocenters. The molecule has 19 heavy (non-hydrogen) atoms. The van der Waals surface area contributed by atoms with Crippen LogP contribution in [-0.4, -0.2) is 0 Å². The zero-order valence-electron chi connectivity index (χ0n) is 11.0. The molecule has 0 saturated carbocycles. The first-order valence-corrected chi connectivity index (χ1v) is 7.96. The molecular weight excluding hydrogens is 297 g/mol. The number of aryl methyl sites for hydroxylation is 2. The Kier molecular flexibility index (Phi) is 4.91. The lowest BCUT2D eigenvalue weighted by atomic mass is 9.95. The zero-order valence-corrected chi connectivity index (χ0v) is 13.4. The van der Waals surface area contributed by atoms with Crippen molar-refractivity contribution >= 4 is 34.5 Å². The van der Waals surface area contributed by atoms with Crippen LogP contribution in [0.15, 0.2) is 24.3 Å². The number of thiophene rings is 1. The molecule has 4 heteroatoms. The van der Waals surface area contributed by atoms with Gasteiger partial charge in [0.05, 0.1) is 14.7 Å². The largest absolute Gasteiger partial charge is 0.320 e. The molecule has 0 saturated heterocycles. The third kappa shape index (κ3) is 3.14. The molecule has 1 nitrogen and oxygen atoms in total. The van der Waals surface area contributed by atoms with Crippen molar-refractivity contribution in [2.45, 2.75) is 32.7 Å². The second-order valence-corrected chi connectivity index (χ2v) is 6.78. The Hall–Kier alpha value is -0.540. The number of rotatable bonds is 4. The molecule has 0 amide bonds. The molecule has 2 N–H and O–H groups in total. The Morgan fingerprint density at radius 1 is 1.11 bits per heavy atom. The van der Waals surface area contributed by atoms with Crippen molar-refractivity contribution in [1.29, 1.82) is 0 Å². The summed E-state index contributed by atoms with van der Waals surface area (Å²) in [7, 11) is 0. The van der Waals surface area contributed by atoms with E-state index in [2.05, 4.69) is 32.0 Å². The van der Waals surface area contributed by atoms with Crippen LogP contribution in [0.1, 0.15) is 42.1 Å². The normalized spacial score (nSPS) is 12.7. The van der Waals surface area contributed by atoms with E-state index in [-0.39, 0.29) is 6.04 Å².